The smallest absolute Gasteiger partial charge is 0.213 e. The van der Waals surface area contributed by atoms with Gasteiger partial charge in [-0.15, -0.1) is 0 Å². The van der Waals surface area contributed by atoms with Crippen molar-refractivity contribution in [3.63, 3.8) is 0 Å². The molecule has 0 spiro atoms. The lowest BCUT2D eigenvalue weighted by atomic mass is 10.1. The van der Waals surface area contributed by atoms with E-state index >= 15 is 0 Å². The Balaban J connectivity index is 2.17. The monoisotopic (exact) mass is 288 g/mol. The summed E-state index contributed by atoms with van der Waals surface area (Å²) in [5.41, 5.74) is 7.68. The second-order valence-corrected chi connectivity index (χ2v) is 4.65. The van der Waals surface area contributed by atoms with E-state index in [9.17, 15) is 0 Å². The molecule has 1 heterocycles. The van der Waals surface area contributed by atoms with Crippen molar-refractivity contribution in [2.24, 2.45) is 5.73 Å². The van der Waals surface area contributed by atoms with Crippen LogP contribution in [0.5, 0.6) is 17.4 Å². The van der Waals surface area contributed by atoms with Gasteiger partial charge in [0.15, 0.2) is 0 Å². The van der Waals surface area contributed by atoms with Gasteiger partial charge in [0.1, 0.15) is 18.1 Å². The molecular formula is C16H20N2O3. The van der Waals surface area contributed by atoms with Gasteiger partial charge in [-0.05, 0) is 19.1 Å². The van der Waals surface area contributed by atoms with Gasteiger partial charge in [0.2, 0.25) is 5.88 Å². The zero-order valence-corrected chi connectivity index (χ0v) is 12.5. The van der Waals surface area contributed by atoms with Crippen LogP contribution in [-0.2, 0) is 6.61 Å². The van der Waals surface area contributed by atoms with E-state index in [1.807, 2.05) is 37.3 Å². The Morgan fingerprint density at radius 3 is 2.62 bits per heavy atom. The molecule has 2 aromatic rings. The number of hydrogen-bond acceptors (Lipinski definition) is 5. The van der Waals surface area contributed by atoms with Crippen LogP contribution in [0.15, 0.2) is 36.4 Å². The average Bonchev–Trinajstić information content (AvgIpc) is 2.52. The van der Waals surface area contributed by atoms with Gasteiger partial charge in [0, 0.05) is 23.7 Å². The summed E-state index contributed by atoms with van der Waals surface area (Å²) in [6.45, 7) is 2.25. The van der Waals surface area contributed by atoms with Gasteiger partial charge < -0.3 is 19.9 Å². The summed E-state index contributed by atoms with van der Waals surface area (Å²) in [5.74, 6) is 2.00. The van der Waals surface area contributed by atoms with Crippen LogP contribution in [-0.4, -0.2) is 19.2 Å². The first kappa shape index (κ1) is 15.1. The standard InChI is InChI=1S/C16H20N2O3/c1-11(17)14-8-7-13(19-2)9-15(14)21-10-12-5-4-6-16(18-12)20-3/h4-9,11H,10,17H2,1-3H3/t11-/m1/s1. The van der Waals surface area contributed by atoms with Crippen LogP contribution in [0.1, 0.15) is 24.2 Å². The summed E-state index contributed by atoms with van der Waals surface area (Å²) in [6, 6.07) is 11.1. The minimum atomic E-state index is -0.121. The SMILES string of the molecule is COc1ccc([C@@H](C)N)c(OCc2cccc(OC)n2)c1. The van der Waals surface area contributed by atoms with Gasteiger partial charge in [-0.1, -0.05) is 12.1 Å². The number of benzene rings is 1. The molecule has 0 amide bonds. The van der Waals surface area contributed by atoms with E-state index in [2.05, 4.69) is 4.98 Å². The molecule has 5 nitrogen and oxygen atoms in total. The Kier molecular flexibility index (Phi) is 5.00. The highest BCUT2D eigenvalue weighted by Crippen LogP contribution is 2.29. The number of methoxy groups -OCH3 is 2. The van der Waals surface area contributed by atoms with Crippen molar-refractivity contribution in [2.45, 2.75) is 19.6 Å². The van der Waals surface area contributed by atoms with Crippen LogP contribution in [0.4, 0.5) is 0 Å². The maximum atomic E-state index is 5.96. The van der Waals surface area contributed by atoms with Gasteiger partial charge >= 0.3 is 0 Å². The first-order valence-electron chi connectivity index (χ1n) is 6.70. The predicted molar refractivity (Wildman–Crippen MR) is 80.7 cm³/mol. The Morgan fingerprint density at radius 1 is 1.14 bits per heavy atom. The van der Waals surface area contributed by atoms with Crippen molar-refractivity contribution in [2.75, 3.05) is 14.2 Å². The summed E-state index contributed by atoms with van der Waals surface area (Å²) in [6.07, 6.45) is 0. The molecule has 1 aromatic carbocycles. The summed E-state index contributed by atoms with van der Waals surface area (Å²) in [5, 5.41) is 0. The third-order valence-electron chi connectivity index (χ3n) is 3.08. The van der Waals surface area contributed by atoms with Crippen molar-refractivity contribution < 1.29 is 14.2 Å². The average molecular weight is 288 g/mol. The third kappa shape index (κ3) is 3.86. The molecule has 0 aliphatic carbocycles. The molecule has 2 N–H and O–H groups in total. The van der Waals surface area contributed by atoms with Gasteiger partial charge in [-0.3, -0.25) is 0 Å². The van der Waals surface area contributed by atoms with E-state index in [0.717, 1.165) is 17.0 Å². The second kappa shape index (κ2) is 6.95. The maximum absolute atomic E-state index is 5.96. The first-order valence-corrected chi connectivity index (χ1v) is 6.70. The molecule has 1 aromatic heterocycles. The minimum absolute atomic E-state index is 0.121. The first-order chi connectivity index (χ1) is 10.1. The lowest BCUT2D eigenvalue weighted by Crippen LogP contribution is -2.08. The molecule has 0 saturated carbocycles. The van der Waals surface area contributed by atoms with Crippen LogP contribution < -0.4 is 19.9 Å². The number of rotatable bonds is 6. The summed E-state index contributed by atoms with van der Waals surface area (Å²) in [7, 11) is 3.21. The highest BCUT2D eigenvalue weighted by atomic mass is 16.5. The molecule has 2 rings (SSSR count). The zero-order chi connectivity index (χ0) is 15.2. The summed E-state index contributed by atoms with van der Waals surface area (Å²) < 4.78 is 16.2. The molecule has 0 radical (unpaired) electrons. The van der Waals surface area contributed by atoms with Crippen molar-refractivity contribution in [3.05, 3.63) is 47.7 Å². The van der Waals surface area contributed by atoms with Gasteiger partial charge in [-0.2, -0.15) is 0 Å². The Morgan fingerprint density at radius 2 is 1.95 bits per heavy atom. The number of nitrogens with two attached hydrogens (primary N) is 1. The van der Waals surface area contributed by atoms with Crippen LogP contribution >= 0.6 is 0 Å². The number of pyridine rings is 1. The number of hydrogen-bond donors (Lipinski definition) is 1. The molecule has 0 aliphatic heterocycles. The molecular weight excluding hydrogens is 268 g/mol. The largest absolute Gasteiger partial charge is 0.497 e. The van der Waals surface area contributed by atoms with Crippen LogP contribution in [0, 0.1) is 0 Å². The van der Waals surface area contributed by atoms with Crippen molar-refractivity contribution in [1.82, 2.24) is 4.98 Å². The highest BCUT2D eigenvalue weighted by Gasteiger charge is 2.10. The van der Waals surface area contributed by atoms with E-state index in [1.165, 1.54) is 0 Å². The third-order valence-corrected chi connectivity index (χ3v) is 3.08. The second-order valence-electron chi connectivity index (χ2n) is 4.65. The van der Waals surface area contributed by atoms with E-state index in [0.29, 0.717) is 18.2 Å². The normalized spacial score (nSPS) is 11.8. The fraction of sp³-hybridized carbons (Fsp3) is 0.312. The molecule has 5 heteroatoms. The van der Waals surface area contributed by atoms with Crippen molar-refractivity contribution >= 4 is 0 Å². The van der Waals surface area contributed by atoms with E-state index < -0.39 is 0 Å². The topological polar surface area (TPSA) is 66.6 Å². The lowest BCUT2D eigenvalue weighted by molar-refractivity contribution is 0.291. The number of nitrogens with zero attached hydrogens (tertiary/aromatic N) is 1. The van der Waals surface area contributed by atoms with Gasteiger partial charge in [0.25, 0.3) is 0 Å². The number of ether oxygens (including phenoxy) is 3. The van der Waals surface area contributed by atoms with Crippen LogP contribution in [0.25, 0.3) is 0 Å². The lowest BCUT2D eigenvalue weighted by Gasteiger charge is -2.15. The predicted octanol–water partition coefficient (Wildman–Crippen LogP) is 2.70. The molecule has 1 atom stereocenters. The van der Waals surface area contributed by atoms with E-state index in [1.54, 1.807) is 20.3 Å². The Hall–Kier alpha value is -2.27. The van der Waals surface area contributed by atoms with Crippen LogP contribution in [0.2, 0.25) is 0 Å². The van der Waals surface area contributed by atoms with Gasteiger partial charge in [0.05, 0.1) is 19.9 Å². The molecule has 0 unspecified atom stereocenters. The molecule has 0 bridgehead atoms. The minimum Gasteiger partial charge on any atom is -0.497 e. The molecule has 21 heavy (non-hydrogen) atoms. The van der Waals surface area contributed by atoms with Crippen LogP contribution in [0.3, 0.4) is 0 Å². The van der Waals surface area contributed by atoms with Crippen molar-refractivity contribution in [3.8, 4) is 17.4 Å². The molecule has 0 aliphatic rings. The Bertz CT molecular complexity index is 600. The molecule has 0 saturated heterocycles. The quantitative estimate of drug-likeness (QED) is 0.885. The zero-order valence-electron chi connectivity index (χ0n) is 12.5. The fourth-order valence-corrected chi connectivity index (χ4v) is 1.95. The Labute approximate surface area is 124 Å². The summed E-state index contributed by atoms with van der Waals surface area (Å²) >= 11 is 0. The summed E-state index contributed by atoms with van der Waals surface area (Å²) in [4.78, 5) is 4.31. The van der Waals surface area contributed by atoms with E-state index in [-0.39, 0.29) is 6.04 Å². The number of aromatic nitrogens is 1. The van der Waals surface area contributed by atoms with Crippen molar-refractivity contribution in [1.29, 1.82) is 0 Å². The highest BCUT2D eigenvalue weighted by molar-refractivity contribution is 5.42. The fourth-order valence-electron chi connectivity index (χ4n) is 1.95. The molecule has 0 fully saturated rings. The van der Waals surface area contributed by atoms with E-state index in [4.69, 9.17) is 19.9 Å². The molecule has 112 valence electrons. The maximum Gasteiger partial charge on any atom is 0.213 e. The van der Waals surface area contributed by atoms with Gasteiger partial charge in [-0.25, -0.2) is 4.98 Å².